The summed E-state index contributed by atoms with van der Waals surface area (Å²) >= 11 is 3.30. The van der Waals surface area contributed by atoms with Gasteiger partial charge in [-0.3, -0.25) is 4.79 Å². The van der Waals surface area contributed by atoms with Gasteiger partial charge in [0.05, 0.1) is 0 Å². The predicted molar refractivity (Wildman–Crippen MR) is 69.4 cm³/mol. The van der Waals surface area contributed by atoms with Crippen molar-refractivity contribution >= 4 is 21.8 Å². The zero-order valence-electron chi connectivity index (χ0n) is 9.88. The van der Waals surface area contributed by atoms with Crippen LogP contribution in [0.3, 0.4) is 0 Å². The minimum Gasteiger partial charge on any atom is -0.380 e. The summed E-state index contributed by atoms with van der Waals surface area (Å²) in [6, 6.07) is 4.31. The molecule has 1 saturated carbocycles. The van der Waals surface area contributed by atoms with E-state index >= 15 is 0 Å². The third-order valence-electron chi connectivity index (χ3n) is 3.30. The number of carbonyl (C=O) groups excluding carboxylic acids is 1. The third kappa shape index (κ3) is 2.90. The fourth-order valence-electron chi connectivity index (χ4n) is 2.21. The van der Waals surface area contributed by atoms with Gasteiger partial charge in [-0.2, -0.15) is 0 Å². The number of benzene rings is 1. The van der Waals surface area contributed by atoms with E-state index in [9.17, 15) is 14.3 Å². The van der Waals surface area contributed by atoms with Crippen LogP contribution in [-0.4, -0.2) is 16.6 Å². The first-order chi connectivity index (χ1) is 8.51. The summed E-state index contributed by atoms with van der Waals surface area (Å²) in [5.74, 6) is -0.710. The average Bonchev–Trinajstić information content (AvgIpc) is 2.78. The van der Waals surface area contributed by atoms with E-state index in [0.29, 0.717) is 18.4 Å². The molecule has 18 heavy (non-hydrogen) atoms. The molecule has 2 N–H and O–H groups in total. The Balaban J connectivity index is 1.99. The van der Waals surface area contributed by atoms with Crippen molar-refractivity contribution in [2.24, 2.45) is 0 Å². The summed E-state index contributed by atoms with van der Waals surface area (Å²) in [6.07, 6.45) is 2.74. The normalized spacial score (nSPS) is 17.7. The summed E-state index contributed by atoms with van der Waals surface area (Å²) in [7, 11) is 0. The third-order valence-corrected chi connectivity index (χ3v) is 4.07. The van der Waals surface area contributed by atoms with Crippen molar-refractivity contribution < 1.29 is 14.3 Å². The molecule has 0 aliphatic heterocycles. The van der Waals surface area contributed by atoms with Gasteiger partial charge in [-0.1, -0.05) is 15.9 Å². The zero-order chi connectivity index (χ0) is 13.2. The highest BCUT2D eigenvalue weighted by Crippen LogP contribution is 2.29. The molecule has 0 heterocycles. The van der Waals surface area contributed by atoms with Gasteiger partial charge in [0.2, 0.25) is 0 Å². The van der Waals surface area contributed by atoms with Gasteiger partial charge >= 0.3 is 0 Å². The molecule has 0 aromatic heterocycles. The highest BCUT2D eigenvalue weighted by atomic mass is 79.9. The van der Waals surface area contributed by atoms with E-state index < -0.39 is 5.60 Å². The first-order valence-electron chi connectivity index (χ1n) is 5.96. The smallest absolute Gasteiger partial charge is 0.252 e. The topological polar surface area (TPSA) is 49.3 Å². The second-order valence-corrected chi connectivity index (χ2v) is 5.51. The van der Waals surface area contributed by atoms with Crippen molar-refractivity contribution in [1.29, 1.82) is 0 Å². The molecule has 2 rings (SSSR count). The van der Waals surface area contributed by atoms with E-state index in [1.165, 1.54) is 12.1 Å². The van der Waals surface area contributed by atoms with Crippen LogP contribution in [0.1, 0.15) is 31.2 Å². The second-order valence-electron chi connectivity index (χ2n) is 4.66. The molecule has 1 fully saturated rings. The molecule has 0 spiro atoms. The molecule has 98 valence electrons. The molecule has 1 aliphatic carbocycles. The van der Waals surface area contributed by atoms with Crippen LogP contribution < -0.4 is 5.32 Å². The molecule has 0 unspecified atom stereocenters. The highest BCUT2D eigenvalue weighted by molar-refractivity contribution is 9.10. The van der Waals surface area contributed by atoms with Crippen LogP contribution in [0.15, 0.2) is 22.7 Å². The Hall–Kier alpha value is -0.940. The molecule has 1 aromatic rings. The summed E-state index contributed by atoms with van der Waals surface area (Å²) in [5, 5.41) is 12.7. The lowest BCUT2D eigenvalue weighted by atomic mass is 10.0. The van der Waals surface area contributed by atoms with Gasteiger partial charge in [0.15, 0.2) is 0 Å². The van der Waals surface area contributed by atoms with Gasteiger partial charge in [-0.25, -0.2) is 4.39 Å². The van der Waals surface area contributed by atoms with E-state index in [2.05, 4.69) is 21.2 Å². The van der Waals surface area contributed by atoms with Gasteiger partial charge < -0.3 is 10.4 Å². The number of aliphatic hydroxyl groups is 1. The number of hydrogen-bond acceptors (Lipinski definition) is 2. The van der Waals surface area contributed by atoms with Crippen LogP contribution in [0.25, 0.3) is 0 Å². The molecule has 1 amide bonds. The number of hydrogen-bond donors (Lipinski definition) is 2. The lowest BCUT2D eigenvalue weighted by Crippen LogP contribution is -2.44. The van der Waals surface area contributed by atoms with Crippen molar-refractivity contribution in [2.75, 3.05) is 0 Å². The number of halogens is 2. The maximum Gasteiger partial charge on any atom is 0.252 e. The first-order valence-corrected chi connectivity index (χ1v) is 6.75. The minimum atomic E-state index is -1.24. The average molecular weight is 316 g/mol. The molecule has 0 radical (unpaired) electrons. The molecule has 1 aliphatic rings. The van der Waals surface area contributed by atoms with E-state index in [-0.39, 0.29) is 18.3 Å². The summed E-state index contributed by atoms with van der Waals surface area (Å²) in [5.41, 5.74) is -0.579. The van der Waals surface area contributed by atoms with Crippen molar-refractivity contribution in [3.8, 4) is 0 Å². The Bertz CT molecular complexity index is 458. The van der Waals surface area contributed by atoms with Crippen molar-refractivity contribution in [3.63, 3.8) is 0 Å². The van der Waals surface area contributed by atoms with Crippen molar-refractivity contribution in [2.45, 2.75) is 37.8 Å². The van der Waals surface area contributed by atoms with Crippen LogP contribution in [0.4, 0.5) is 4.39 Å². The monoisotopic (exact) mass is 315 g/mol. The molecule has 0 bridgehead atoms. The molecular formula is C13H15BrFNO2. The van der Waals surface area contributed by atoms with Crippen LogP contribution in [0.5, 0.6) is 0 Å². The maximum atomic E-state index is 13.1. The van der Waals surface area contributed by atoms with Gasteiger partial charge in [0.1, 0.15) is 11.4 Å². The second kappa shape index (κ2) is 5.36. The van der Waals surface area contributed by atoms with Gasteiger partial charge in [-0.05, 0) is 49.4 Å². The number of nitrogens with one attached hydrogen (secondary N) is 1. The van der Waals surface area contributed by atoms with Crippen LogP contribution in [0.2, 0.25) is 0 Å². The maximum absolute atomic E-state index is 13.1. The Morgan fingerprint density at radius 3 is 2.78 bits per heavy atom. The first kappa shape index (κ1) is 13.5. The Kier molecular flexibility index (Phi) is 4.02. The molecular weight excluding hydrogens is 301 g/mol. The van der Waals surface area contributed by atoms with Crippen LogP contribution in [0, 0.1) is 5.82 Å². The standard InChI is InChI=1S/C13H15BrFNO2/c14-11-4-3-10(15)7-9(11)8-16-12(17)13(18)5-1-2-6-13/h3-4,7,18H,1-2,5-6,8H2,(H,16,17). The number of amides is 1. The molecule has 3 nitrogen and oxygen atoms in total. The Morgan fingerprint density at radius 2 is 2.11 bits per heavy atom. The summed E-state index contributed by atoms with van der Waals surface area (Å²) in [6.45, 7) is 0.208. The van der Waals surface area contributed by atoms with E-state index in [1.54, 1.807) is 6.07 Å². The van der Waals surface area contributed by atoms with Crippen LogP contribution in [-0.2, 0) is 11.3 Å². The molecule has 1 aromatic carbocycles. The van der Waals surface area contributed by atoms with Crippen molar-refractivity contribution in [3.05, 3.63) is 34.1 Å². The number of carbonyl (C=O) groups is 1. The highest BCUT2D eigenvalue weighted by Gasteiger charge is 2.38. The van der Waals surface area contributed by atoms with Gasteiger partial charge in [0.25, 0.3) is 5.91 Å². The van der Waals surface area contributed by atoms with E-state index in [4.69, 9.17) is 0 Å². The van der Waals surface area contributed by atoms with Gasteiger partial charge in [0, 0.05) is 11.0 Å². The molecule has 5 heteroatoms. The predicted octanol–water partition coefficient (Wildman–Crippen LogP) is 2.51. The Labute approximate surface area is 114 Å². The fourth-order valence-corrected chi connectivity index (χ4v) is 2.59. The largest absolute Gasteiger partial charge is 0.380 e. The lowest BCUT2D eigenvalue weighted by molar-refractivity contribution is -0.139. The van der Waals surface area contributed by atoms with Gasteiger partial charge in [-0.15, -0.1) is 0 Å². The minimum absolute atomic E-state index is 0.208. The quantitative estimate of drug-likeness (QED) is 0.900. The SMILES string of the molecule is O=C(NCc1cc(F)ccc1Br)C1(O)CCCC1. The zero-order valence-corrected chi connectivity index (χ0v) is 11.5. The molecule has 0 saturated heterocycles. The fraction of sp³-hybridized carbons (Fsp3) is 0.462. The van der Waals surface area contributed by atoms with Crippen molar-refractivity contribution in [1.82, 2.24) is 5.32 Å². The summed E-state index contributed by atoms with van der Waals surface area (Å²) in [4.78, 5) is 11.9. The number of rotatable bonds is 3. The van der Waals surface area contributed by atoms with E-state index in [1.807, 2.05) is 0 Å². The van der Waals surface area contributed by atoms with Crippen LogP contribution >= 0.6 is 15.9 Å². The lowest BCUT2D eigenvalue weighted by Gasteiger charge is -2.21. The molecule has 0 atom stereocenters. The summed E-state index contributed by atoms with van der Waals surface area (Å²) < 4.78 is 13.8. The van der Waals surface area contributed by atoms with E-state index in [0.717, 1.165) is 17.3 Å². The Morgan fingerprint density at radius 1 is 1.44 bits per heavy atom.